The molecule has 21 heavy (non-hydrogen) atoms. The van der Waals surface area contributed by atoms with Crippen molar-refractivity contribution in [3.63, 3.8) is 0 Å². The molecule has 1 aliphatic carbocycles. The standard InChI is InChI=1S/C14H14F3NO3/c1-7(19)10-5-9(20)6-11(10)13(21)8-2-3-18-12(4-8)14(15,16)17/h2-4,9-11,20H,5-6H2,1H3/t9-,10-,11?/m1/s1. The predicted octanol–water partition coefficient (Wildman–Crippen LogP) is 2.26. The molecule has 1 aromatic rings. The van der Waals surface area contributed by atoms with Gasteiger partial charge in [0, 0.05) is 23.6 Å². The van der Waals surface area contributed by atoms with Crippen molar-refractivity contribution in [1.29, 1.82) is 0 Å². The van der Waals surface area contributed by atoms with Crippen molar-refractivity contribution >= 4 is 11.6 Å². The second kappa shape index (κ2) is 5.55. The number of carbonyl (C=O) groups is 2. The first kappa shape index (κ1) is 15.6. The van der Waals surface area contributed by atoms with Gasteiger partial charge in [-0.25, -0.2) is 0 Å². The van der Waals surface area contributed by atoms with Gasteiger partial charge in [0.15, 0.2) is 5.78 Å². The van der Waals surface area contributed by atoms with E-state index in [1.165, 1.54) is 13.0 Å². The van der Waals surface area contributed by atoms with Crippen LogP contribution in [0.15, 0.2) is 18.3 Å². The fourth-order valence-corrected chi connectivity index (χ4v) is 2.70. The minimum Gasteiger partial charge on any atom is -0.393 e. The third-order valence-corrected chi connectivity index (χ3v) is 3.73. The van der Waals surface area contributed by atoms with E-state index in [4.69, 9.17) is 0 Å². The molecule has 0 radical (unpaired) electrons. The maximum absolute atomic E-state index is 12.6. The summed E-state index contributed by atoms with van der Waals surface area (Å²) < 4.78 is 37.8. The SMILES string of the molecule is CC(=O)[C@H]1C[C@@H](O)CC1C(=O)c1ccnc(C(F)(F)F)c1. The van der Waals surface area contributed by atoms with Gasteiger partial charge in [-0.15, -0.1) is 0 Å². The van der Waals surface area contributed by atoms with Gasteiger partial charge in [0.25, 0.3) is 0 Å². The number of alkyl halides is 3. The molecule has 0 bridgehead atoms. The Hall–Kier alpha value is -1.76. The van der Waals surface area contributed by atoms with Crippen LogP contribution in [0.5, 0.6) is 0 Å². The van der Waals surface area contributed by atoms with Gasteiger partial charge in [0.1, 0.15) is 11.5 Å². The molecule has 114 valence electrons. The summed E-state index contributed by atoms with van der Waals surface area (Å²) in [6.07, 6.45) is -4.23. The Bertz CT molecular complexity index is 571. The largest absolute Gasteiger partial charge is 0.433 e. The lowest BCUT2D eigenvalue weighted by Crippen LogP contribution is -2.24. The highest BCUT2D eigenvalue weighted by Gasteiger charge is 2.41. The molecule has 1 fully saturated rings. The van der Waals surface area contributed by atoms with Gasteiger partial charge in [-0.05, 0) is 31.9 Å². The Balaban J connectivity index is 2.30. The van der Waals surface area contributed by atoms with Gasteiger partial charge in [-0.2, -0.15) is 13.2 Å². The lowest BCUT2D eigenvalue weighted by atomic mass is 9.86. The number of nitrogens with zero attached hydrogens (tertiary/aromatic N) is 1. The second-order valence-corrected chi connectivity index (χ2v) is 5.24. The molecule has 0 amide bonds. The van der Waals surface area contributed by atoms with Crippen molar-refractivity contribution in [2.75, 3.05) is 0 Å². The molecule has 1 N–H and O–H groups in total. The molecule has 1 aromatic heterocycles. The molecule has 7 heteroatoms. The summed E-state index contributed by atoms with van der Waals surface area (Å²) >= 11 is 0. The normalized spacial score (nSPS) is 25.9. The van der Waals surface area contributed by atoms with Crippen LogP contribution in [0.25, 0.3) is 0 Å². The van der Waals surface area contributed by atoms with Crippen molar-refractivity contribution in [3.05, 3.63) is 29.6 Å². The number of halogens is 3. The zero-order valence-corrected chi connectivity index (χ0v) is 11.2. The molecule has 0 spiro atoms. The number of hydrogen-bond acceptors (Lipinski definition) is 4. The molecular weight excluding hydrogens is 287 g/mol. The lowest BCUT2D eigenvalue weighted by molar-refractivity contribution is -0.141. The first-order valence-corrected chi connectivity index (χ1v) is 6.46. The molecule has 1 aliphatic rings. The summed E-state index contributed by atoms with van der Waals surface area (Å²) in [6, 6.07) is 1.88. The molecular formula is C14H14F3NO3. The van der Waals surface area contributed by atoms with E-state index in [1.807, 2.05) is 0 Å². The lowest BCUT2D eigenvalue weighted by Gasteiger charge is -2.16. The highest BCUT2D eigenvalue weighted by atomic mass is 19.4. The molecule has 1 heterocycles. The number of aliphatic hydroxyl groups is 1. The number of ketones is 2. The molecule has 0 saturated heterocycles. The molecule has 0 aromatic carbocycles. The van der Waals surface area contributed by atoms with Crippen molar-refractivity contribution < 1.29 is 27.9 Å². The fourth-order valence-electron chi connectivity index (χ4n) is 2.70. The van der Waals surface area contributed by atoms with E-state index in [-0.39, 0.29) is 24.2 Å². The number of Topliss-reactive ketones (excluding diaryl/α,β-unsaturated/α-hetero) is 2. The number of hydrogen-bond donors (Lipinski definition) is 1. The van der Waals surface area contributed by atoms with Gasteiger partial charge in [-0.1, -0.05) is 0 Å². The summed E-state index contributed by atoms with van der Waals surface area (Å²) in [7, 11) is 0. The highest BCUT2D eigenvalue weighted by Crippen LogP contribution is 2.36. The first-order valence-electron chi connectivity index (χ1n) is 6.46. The van der Waals surface area contributed by atoms with Crippen molar-refractivity contribution in [2.24, 2.45) is 11.8 Å². The maximum Gasteiger partial charge on any atom is 0.433 e. The Kier molecular flexibility index (Phi) is 4.13. The first-order chi connectivity index (χ1) is 9.70. The number of aromatic nitrogens is 1. The van der Waals surface area contributed by atoms with Crippen LogP contribution in [0, 0.1) is 11.8 Å². The van der Waals surface area contributed by atoms with Crippen LogP contribution >= 0.6 is 0 Å². The Morgan fingerprint density at radius 3 is 2.48 bits per heavy atom. The van der Waals surface area contributed by atoms with Gasteiger partial charge in [0.2, 0.25) is 0 Å². The molecule has 4 nitrogen and oxygen atoms in total. The minimum atomic E-state index is -4.63. The van der Waals surface area contributed by atoms with Crippen LogP contribution < -0.4 is 0 Å². The smallest absolute Gasteiger partial charge is 0.393 e. The van der Waals surface area contributed by atoms with Crippen molar-refractivity contribution in [2.45, 2.75) is 32.0 Å². The topological polar surface area (TPSA) is 67.3 Å². The summed E-state index contributed by atoms with van der Waals surface area (Å²) in [4.78, 5) is 27.0. The van der Waals surface area contributed by atoms with Crippen LogP contribution in [0.3, 0.4) is 0 Å². The summed E-state index contributed by atoms with van der Waals surface area (Å²) in [5.74, 6) is -2.22. The van der Waals surface area contributed by atoms with E-state index in [2.05, 4.69) is 4.98 Å². The monoisotopic (exact) mass is 301 g/mol. The van der Waals surface area contributed by atoms with Gasteiger partial charge in [0.05, 0.1) is 6.10 Å². The Labute approximate surface area is 119 Å². The molecule has 2 rings (SSSR count). The Morgan fingerprint density at radius 2 is 1.90 bits per heavy atom. The number of aliphatic hydroxyl groups excluding tert-OH is 1. The van der Waals surface area contributed by atoms with Gasteiger partial charge >= 0.3 is 6.18 Å². The predicted molar refractivity (Wildman–Crippen MR) is 66.5 cm³/mol. The van der Waals surface area contributed by atoms with E-state index in [9.17, 15) is 27.9 Å². The summed E-state index contributed by atoms with van der Waals surface area (Å²) in [5.41, 5.74) is -1.28. The third kappa shape index (κ3) is 3.29. The third-order valence-electron chi connectivity index (χ3n) is 3.73. The van der Waals surface area contributed by atoms with Crippen LogP contribution in [-0.2, 0) is 11.0 Å². The summed E-state index contributed by atoms with van der Waals surface area (Å²) in [6.45, 7) is 1.32. The van der Waals surface area contributed by atoms with Crippen molar-refractivity contribution in [3.8, 4) is 0 Å². The maximum atomic E-state index is 12.6. The molecule has 1 saturated carbocycles. The average molecular weight is 301 g/mol. The minimum absolute atomic E-state index is 0.0900. The van der Waals surface area contributed by atoms with Crippen LogP contribution in [0.1, 0.15) is 35.8 Å². The second-order valence-electron chi connectivity index (χ2n) is 5.24. The zero-order valence-electron chi connectivity index (χ0n) is 11.2. The van der Waals surface area contributed by atoms with Crippen LogP contribution in [0.2, 0.25) is 0 Å². The van der Waals surface area contributed by atoms with E-state index in [0.29, 0.717) is 6.07 Å². The van der Waals surface area contributed by atoms with Crippen LogP contribution in [0.4, 0.5) is 13.2 Å². The average Bonchev–Trinajstić information content (AvgIpc) is 2.79. The molecule has 3 atom stereocenters. The van der Waals surface area contributed by atoms with Crippen molar-refractivity contribution in [1.82, 2.24) is 4.98 Å². The Morgan fingerprint density at radius 1 is 1.29 bits per heavy atom. The number of carbonyl (C=O) groups excluding carboxylic acids is 2. The van der Waals surface area contributed by atoms with Gasteiger partial charge < -0.3 is 5.11 Å². The molecule has 1 unspecified atom stereocenters. The fraction of sp³-hybridized carbons (Fsp3) is 0.500. The molecule has 0 aliphatic heterocycles. The van der Waals surface area contributed by atoms with E-state index in [1.54, 1.807) is 0 Å². The van der Waals surface area contributed by atoms with E-state index >= 15 is 0 Å². The highest BCUT2D eigenvalue weighted by molar-refractivity contribution is 6.01. The van der Waals surface area contributed by atoms with E-state index in [0.717, 1.165) is 6.20 Å². The zero-order chi connectivity index (χ0) is 15.8. The quantitative estimate of drug-likeness (QED) is 0.870. The van der Waals surface area contributed by atoms with Crippen LogP contribution in [-0.4, -0.2) is 27.8 Å². The summed E-state index contributed by atoms with van der Waals surface area (Å²) in [5, 5.41) is 9.60. The van der Waals surface area contributed by atoms with E-state index < -0.39 is 35.6 Å². The number of rotatable bonds is 3. The van der Waals surface area contributed by atoms with Gasteiger partial charge in [-0.3, -0.25) is 14.6 Å². The number of pyridine rings is 1.